The molecule has 0 saturated carbocycles. The van der Waals surface area contributed by atoms with Crippen LogP contribution in [0.25, 0.3) is 10.8 Å². The molecule has 0 saturated heterocycles. The van der Waals surface area contributed by atoms with Crippen molar-refractivity contribution in [3.8, 4) is 0 Å². The number of carboxylic acid groups (broad SMARTS) is 1. The number of thiophene rings is 1. The van der Waals surface area contributed by atoms with Crippen LogP contribution in [0.3, 0.4) is 0 Å². The molecule has 1 aromatic heterocycles. The third-order valence-electron chi connectivity index (χ3n) is 3.94. The van der Waals surface area contributed by atoms with Crippen LogP contribution in [0.1, 0.15) is 36.0 Å². The van der Waals surface area contributed by atoms with Gasteiger partial charge in [-0.1, -0.05) is 51.1 Å². The van der Waals surface area contributed by atoms with Crippen LogP contribution in [-0.4, -0.2) is 17.1 Å². The SMILES string of the molecule is CC(C)(C)c1cc(C(=O)O)c(NC(=O)Nc2ccc3ccccc3c2)s1. The lowest BCUT2D eigenvalue weighted by molar-refractivity contribution is 0.0698. The molecule has 0 aliphatic heterocycles. The summed E-state index contributed by atoms with van der Waals surface area (Å²) in [6.07, 6.45) is 0. The maximum absolute atomic E-state index is 12.3. The Hall–Kier alpha value is -2.86. The number of benzene rings is 2. The minimum atomic E-state index is -1.06. The van der Waals surface area contributed by atoms with Crippen molar-refractivity contribution in [2.75, 3.05) is 10.6 Å². The van der Waals surface area contributed by atoms with Gasteiger partial charge in [0, 0.05) is 10.6 Å². The Morgan fingerprint density at radius 1 is 0.962 bits per heavy atom. The van der Waals surface area contributed by atoms with Crippen molar-refractivity contribution in [2.24, 2.45) is 0 Å². The van der Waals surface area contributed by atoms with E-state index in [0.29, 0.717) is 10.7 Å². The van der Waals surface area contributed by atoms with Crippen molar-refractivity contribution >= 4 is 44.8 Å². The van der Waals surface area contributed by atoms with Crippen LogP contribution in [0.15, 0.2) is 48.5 Å². The summed E-state index contributed by atoms with van der Waals surface area (Å²) in [5, 5.41) is 17.3. The molecule has 0 aliphatic rings. The summed E-state index contributed by atoms with van der Waals surface area (Å²) < 4.78 is 0. The average molecular weight is 368 g/mol. The highest BCUT2D eigenvalue weighted by Gasteiger charge is 2.23. The largest absolute Gasteiger partial charge is 0.478 e. The number of rotatable bonds is 3. The summed E-state index contributed by atoms with van der Waals surface area (Å²) in [4.78, 5) is 24.7. The predicted octanol–water partition coefficient (Wildman–Crippen LogP) is 5.54. The molecule has 0 atom stereocenters. The molecule has 6 heteroatoms. The van der Waals surface area contributed by atoms with Gasteiger partial charge in [-0.2, -0.15) is 0 Å². The van der Waals surface area contributed by atoms with E-state index in [2.05, 4.69) is 10.6 Å². The number of hydrogen-bond donors (Lipinski definition) is 3. The summed E-state index contributed by atoms with van der Waals surface area (Å²) in [6.45, 7) is 6.01. The fourth-order valence-corrected chi connectivity index (χ4v) is 3.65. The van der Waals surface area contributed by atoms with E-state index >= 15 is 0 Å². The summed E-state index contributed by atoms with van der Waals surface area (Å²) in [7, 11) is 0. The van der Waals surface area contributed by atoms with Crippen molar-refractivity contribution in [3.05, 3.63) is 59.0 Å². The van der Waals surface area contributed by atoms with E-state index in [0.717, 1.165) is 15.6 Å². The molecule has 26 heavy (non-hydrogen) atoms. The second kappa shape index (κ2) is 6.80. The molecule has 0 bridgehead atoms. The molecule has 1 heterocycles. The predicted molar refractivity (Wildman–Crippen MR) is 107 cm³/mol. The van der Waals surface area contributed by atoms with Crippen LogP contribution in [0, 0.1) is 0 Å². The molecule has 0 aliphatic carbocycles. The third kappa shape index (κ3) is 3.86. The number of hydrogen-bond acceptors (Lipinski definition) is 3. The van der Waals surface area contributed by atoms with E-state index in [-0.39, 0.29) is 11.0 Å². The normalized spacial score (nSPS) is 11.3. The molecular weight excluding hydrogens is 348 g/mol. The summed E-state index contributed by atoms with van der Waals surface area (Å²) >= 11 is 1.28. The van der Waals surface area contributed by atoms with Crippen molar-refractivity contribution in [2.45, 2.75) is 26.2 Å². The van der Waals surface area contributed by atoms with Crippen molar-refractivity contribution in [1.29, 1.82) is 0 Å². The molecule has 2 aromatic carbocycles. The van der Waals surface area contributed by atoms with E-state index in [1.54, 1.807) is 6.07 Å². The maximum Gasteiger partial charge on any atom is 0.338 e. The molecule has 0 fully saturated rings. The van der Waals surface area contributed by atoms with Gasteiger partial charge >= 0.3 is 12.0 Å². The first kappa shape index (κ1) is 17.9. The monoisotopic (exact) mass is 368 g/mol. The molecule has 0 spiro atoms. The number of nitrogens with one attached hydrogen (secondary N) is 2. The average Bonchev–Trinajstić information content (AvgIpc) is 2.99. The number of carboxylic acids is 1. The van der Waals surface area contributed by atoms with E-state index in [4.69, 9.17) is 0 Å². The Bertz CT molecular complexity index is 986. The molecular formula is C20H20N2O3S. The van der Waals surface area contributed by atoms with Crippen LogP contribution in [-0.2, 0) is 5.41 Å². The third-order valence-corrected chi connectivity index (χ3v) is 5.41. The molecule has 2 amide bonds. The fourth-order valence-electron chi connectivity index (χ4n) is 2.54. The van der Waals surface area contributed by atoms with Crippen LogP contribution in [0.2, 0.25) is 0 Å². The Morgan fingerprint density at radius 2 is 1.65 bits per heavy atom. The molecule has 3 N–H and O–H groups in total. The highest BCUT2D eigenvalue weighted by molar-refractivity contribution is 7.16. The highest BCUT2D eigenvalue weighted by Crippen LogP contribution is 2.36. The maximum atomic E-state index is 12.3. The van der Waals surface area contributed by atoms with Crippen LogP contribution in [0.5, 0.6) is 0 Å². The number of amides is 2. The minimum Gasteiger partial charge on any atom is -0.478 e. The number of urea groups is 1. The van der Waals surface area contributed by atoms with Crippen LogP contribution in [0.4, 0.5) is 15.5 Å². The van der Waals surface area contributed by atoms with Gasteiger partial charge in [0.2, 0.25) is 0 Å². The van der Waals surface area contributed by atoms with Gasteiger partial charge in [0.15, 0.2) is 0 Å². The van der Waals surface area contributed by atoms with E-state index in [1.165, 1.54) is 11.3 Å². The minimum absolute atomic E-state index is 0.105. The lowest BCUT2D eigenvalue weighted by atomic mass is 9.94. The van der Waals surface area contributed by atoms with Gasteiger partial charge in [0.05, 0.1) is 5.56 Å². The lowest BCUT2D eigenvalue weighted by Crippen LogP contribution is -2.20. The smallest absolute Gasteiger partial charge is 0.338 e. The lowest BCUT2D eigenvalue weighted by Gasteiger charge is -2.15. The molecule has 3 rings (SSSR count). The van der Waals surface area contributed by atoms with E-state index in [9.17, 15) is 14.7 Å². The van der Waals surface area contributed by atoms with Gasteiger partial charge in [-0.25, -0.2) is 9.59 Å². The second-order valence-electron chi connectivity index (χ2n) is 7.05. The van der Waals surface area contributed by atoms with Gasteiger partial charge in [-0.15, -0.1) is 11.3 Å². The van der Waals surface area contributed by atoms with Crippen molar-refractivity contribution in [1.82, 2.24) is 0 Å². The fraction of sp³-hybridized carbons (Fsp3) is 0.200. The van der Waals surface area contributed by atoms with Gasteiger partial charge in [-0.05, 0) is 34.4 Å². The summed E-state index contributed by atoms with van der Waals surface area (Å²) in [5.41, 5.74) is 0.558. The van der Waals surface area contributed by atoms with Crippen molar-refractivity contribution in [3.63, 3.8) is 0 Å². The Morgan fingerprint density at radius 3 is 2.31 bits per heavy atom. The van der Waals surface area contributed by atoms with E-state index < -0.39 is 12.0 Å². The zero-order valence-corrected chi connectivity index (χ0v) is 15.6. The zero-order valence-electron chi connectivity index (χ0n) is 14.8. The van der Waals surface area contributed by atoms with E-state index in [1.807, 2.05) is 63.2 Å². The quantitative estimate of drug-likeness (QED) is 0.568. The van der Waals surface area contributed by atoms with Crippen LogP contribution < -0.4 is 10.6 Å². The Balaban J connectivity index is 1.80. The molecule has 3 aromatic rings. The topological polar surface area (TPSA) is 78.4 Å². The first-order valence-corrected chi connectivity index (χ1v) is 9.00. The Labute approximate surface area is 155 Å². The first-order chi connectivity index (χ1) is 12.2. The molecule has 5 nitrogen and oxygen atoms in total. The number of aromatic carboxylic acids is 1. The summed E-state index contributed by atoms with van der Waals surface area (Å²) in [5.74, 6) is -1.06. The number of fused-ring (bicyclic) bond motifs is 1. The summed E-state index contributed by atoms with van der Waals surface area (Å²) in [6, 6.07) is 14.6. The second-order valence-corrected chi connectivity index (χ2v) is 8.10. The van der Waals surface area contributed by atoms with Gasteiger partial charge in [0.1, 0.15) is 5.00 Å². The van der Waals surface area contributed by atoms with Crippen LogP contribution >= 0.6 is 11.3 Å². The standard InChI is InChI=1S/C20H20N2O3S/c1-20(2,3)16-11-15(18(23)24)17(26-16)22-19(25)21-14-9-8-12-6-4-5-7-13(12)10-14/h4-11H,1-3H3,(H,23,24)(H2,21,22,25). The molecule has 134 valence electrons. The van der Waals surface area contributed by atoms with Gasteiger partial charge in [-0.3, -0.25) is 5.32 Å². The van der Waals surface area contributed by atoms with Crippen molar-refractivity contribution < 1.29 is 14.7 Å². The number of anilines is 2. The van der Waals surface area contributed by atoms with Gasteiger partial charge < -0.3 is 10.4 Å². The molecule has 0 unspecified atom stereocenters. The highest BCUT2D eigenvalue weighted by atomic mass is 32.1. The Kier molecular flexibility index (Phi) is 4.70. The first-order valence-electron chi connectivity index (χ1n) is 8.18. The number of carbonyl (C=O) groups is 2. The zero-order chi connectivity index (χ0) is 18.9. The van der Waals surface area contributed by atoms with Gasteiger partial charge in [0.25, 0.3) is 0 Å². The number of carbonyl (C=O) groups excluding carboxylic acids is 1. The molecule has 0 radical (unpaired) electrons.